The first-order valence-electron chi connectivity index (χ1n) is 11.3. The monoisotopic (exact) mass is 507 g/mol. The molecule has 2 N–H and O–H groups in total. The molecule has 0 saturated carbocycles. The largest absolute Gasteiger partial charge is 0.482 e. The lowest BCUT2D eigenvalue weighted by atomic mass is 10.0. The molecule has 0 bridgehead atoms. The Bertz CT molecular complexity index is 1370. The number of carbonyl (C=O) groups excluding carboxylic acids is 1. The molecule has 186 valence electrons. The first kappa shape index (κ1) is 25.1. The van der Waals surface area contributed by atoms with Crippen LogP contribution >= 0.6 is 0 Å². The van der Waals surface area contributed by atoms with Crippen LogP contribution in [0.4, 0.5) is 0 Å². The Morgan fingerprint density at radius 3 is 2.19 bits per heavy atom. The molecule has 0 radical (unpaired) electrons. The number of rotatable bonds is 9. The van der Waals surface area contributed by atoms with E-state index in [0.29, 0.717) is 30.1 Å². The summed E-state index contributed by atoms with van der Waals surface area (Å²) in [6, 6.07) is 21.8. The number of hydrogen-bond acceptors (Lipinski definition) is 6. The van der Waals surface area contributed by atoms with E-state index in [1.165, 1.54) is 28.6 Å². The Kier molecular flexibility index (Phi) is 7.77. The van der Waals surface area contributed by atoms with Crippen LogP contribution in [0.25, 0.3) is 0 Å². The second-order valence-corrected chi connectivity index (χ2v) is 10.1. The average Bonchev–Trinajstić information content (AvgIpc) is 3.45. The number of carboxylic acid groups (broad SMARTS) is 1. The van der Waals surface area contributed by atoms with Crippen molar-refractivity contribution in [1.82, 2.24) is 9.73 Å². The number of carbonyl (C=O) groups is 2. The molecule has 3 aromatic rings. The van der Waals surface area contributed by atoms with E-state index in [9.17, 15) is 18.0 Å². The molecule has 10 heteroatoms. The van der Waals surface area contributed by atoms with Gasteiger partial charge in [0.1, 0.15) is 5.75 Å². The highest BCUT2D eigenvalue weighted by molar-refractivity contribution is 7.89. The summed E-state index contributed by atoms with van der Waals surface area (Å²) in [5.41, 5.74) is 4.57. The van der Waals surface area contributed by atoms with Gasteiger partial charge in [-0.1, -0.05) is 36.4 Å². The van der Waals surface area contributed by atoms with Crippen LogP contribution in [0.5, 0.6) is 5.75 Å². The fourth-order valence-corrected chi connectivity index (χ4v) is 5.36. The molecule has 0 atom stereocenters. The van der Waals surface area contributed by atoms with Gasteiger partial charge in [-0.3, -0.25) is 4.79 Å². The van der Waals surface area contributed by atoms with Gasteiger partial charge in [-0.2, -0.15) is 9.41 Å². The van der Waals surface area contributed by atoms with Crippen molar-refractivity contribution in [3.8, 4) is 5.75 Å². The number of nitrogens with one attached hydrogen (secondary N) is 1. The normalized spacial score (nSPS) is 14.4. The number of benzene rings is 3. The summed E-state index contributed by atoms with van der Waals surface area (Å²) in [6.07, 6.45) is 1.64. The number of sulfonamides is 1. The van der Waals surface area contributed by atoms with Crippen LogP contribution in [-0.4, -0.2) is 55.1 Å². The second kappa shape index (κ2) is 11.1. The third kappa shape index (κ3) is 5.96. The van der Waals surface area contributed by atoms with Crippen LogP contribution in [0.15, 0.2) is 88.9 Å². The van der Waals surface area contributed by atoms with Gasteiger partial charge in [-0.25, -0.2) is 18.6 Å². The Labute approximate surface area is 209 Å². The number of ether oxygens (including phenoxy) is 1. The van der Waals surface area contributed by atoms with Gasteiger partial charge >= 0.3 is 5.97 Å². The van der Waals surface area contributed by atoms with Crippen molar-refractivity contribution < 1.29 is 27.9 Å². The van der Waals surface area contributed by atoms with E-state index in [2.05, 4.69) is 10.5 Å². The molecule has 36 heavy (non-hydrogen) atoms. The lowest BCUT2D eigenvalue weighted by Crippen LogP contribution is -2.28. The van der Waals surface area contributed by atoms with E-state index in [1.807, 2.05) is 30.3 Å². The van der Waals surface area contributed by atoms with Crippen molar-refractivity contribution in [2.45, 2.75) is 17.7 Å². The minimum atomic E-state index is -3.66. The van der Waals surface area contributed by atoms with Crippen molar-refractivity contribution >= 4 is 27.6 Å². The van der Waals surface area contributed by atoms with E-state index in [-0.39, 0.29) is 10.5 Å². The molecule has 1 aliphatic heterocycles. The van der Waals surface area contributed by atoms with E-state index >= 15 is 0 Å². The second-order valence-electron chi connectivity index (χ2n) is 8.11. The molecule has 3 aromatic carbocycles. The summed E-state index contributed by atoms with van der Waals surface area (Å²) in [5, 5.41) is 13.1. The number of hydrogen-bond donors (Lipinski definition) is 2. The van der Waals surface area contributed by atoms with E-state index in [0.717, 1.165) is 18.4 Å². The number of hydrazone groups is 1. The molecule has 1 aliphatic rings. The number of carboxylic acids is 1. The Balaban J connectivity index is 1.57. The van der Waals surface area contributed by atoms with Crippen LogP contribution < -0.4 is 10.2 Å². The van der Waals surface area contributed by atoms with Crippen LogP contribution in [0.1, 0.15) is 34.3 Å². The zero-order valence-corrected chi connectivity index (χ0v) is 20.1. The summed E-state index contributed by atoms with van der Waals surface area (Å²) in [6.45, 7) is 0.495. The van der Waals surface area contributed by atoms with Crippen molar-refractivity contribution in [1.29, 1.82) is 0 Å². The SMILES string of the molecule is O=C(O)COc1ccc(/C(=N/NC(=O)c2cccc(S(=O)(=O)N3CCCC3)c2)c2ccccc2)cc1. The molecule has 1 fully saturated rings. The minimum Gasteiger partial charge on any atom is -0.482 e. The molecule has 0 spiro atoms. The molecule has 1 amide bonds. The quantitative estimate of drug-likeness (QED) is 0.339. The van der Waals surface area contributed by atoms with Crippen molar-refractivity contribution in [2.24, 2.45) is 5.10 Å². The predicted octanol–water partition coefficient (Wildman–Crippen LogP) is 3.12. The molecule has 4 rings (SSSR count). The molecule has 9 nitrogen and oxygen atoms in total. The number of aliphatic carboxylic acids is 1. The third-order valence-corrected chi connectivity index (χ3v) is 7.50. The van der Waals surface area contributed by atoms with Gasteiger partial charge in [0.15, 0.2) is 6.61 Å². The highest BCUT2D eigenvalue weighted by atomic mass is 32.2. The fraction of sp³-hybridized carbons (Fsp3) is 0.192. The van der Waals surface area contributed by atoms with Crippen LogP contribution in [0.2, 0.25) is 0 Å². The summed E-state index contributed by atoms with van der Waals surface area (Å²) < 4.78 is 32.4. The minimum absolute atomic E-state index is 0.0706. The lowest BCUT2D eigenvalue weighted by Gasteiger charge is -2.15. The molecule has 1 heterocycles. The van der Waals surface area contributed by atoms with Crippen LogP contribution in [0, 0.1) is 0 Å². The molecule has 0 aromatic heterocycles. The van der Waals surface area contributed by atoms with Gasteiger partial charge in [0.25, 0.3) is 5.91 Å². The molecule has 0 aliphatic carbocycles. The van der Waals surface area contributed by atoms with Crippen molar-refractivity contribution in [3.63, 3.8) is 0 Å². The Morgan fingerprint density at radius 2 is 1.53 bits per heavy atom. The van der Waals surface area contributed by atoms with E-state index < -0.39 is 28.5 Å². The Morgan fingerprint density at radius 1 is 0.889 bits per heavy atom. The predicted molar refractivity (Wildman–Crippen MR) is 134 cm³/mol. The third-order valence-electron chi connectivity index (χ3n) is 5.61. The standard InChI is InChI=1S/C26H25N3O6S/c30-24(31)18-35-22-13-11-20(12-14-22)25(19-7-2-1-3-8-19)27-28-26(32)21-9-6-10-23(17-21)36(33,34)29-15-4-5-16-29/h1-3,6-14,17H,4-5,15-16,18H2,(H,28,32)(H,30,31)/b27-25+. The highest BCUT2D eigenvalue weighted by Crippen LogP contribution is 2.22. The zero-order chi connectivity index (χ0) is 25.5. The maximum absolute atomic E-state index is 12.9. The summed E-state index contributed by atoms with van der Waals surface area (Å²) in [7, 11) is -3.66. The van der Waals surface area contributed by atoms with Crippen molar-refractivity contribution in [2.75, 3.05) is 19.7 Å². The van der Waals surface area contributed by atoms with Gasteiger partial charge in [0, 0.05) is 29.8 Å². The molecule has 0 unspecified atom stereocenters. The van der Waals surface area contributed by atoms with Gasteiger partial charge in [-0.15, -0.1) is 0 Å². The van der Waals surface area contributed by atoms with Crippen molar-refractivity contribution in [3.05, 3.63) is 95.6 Å². The van der Waals surface area contributed by atoms with E-state index in [4.69, 9.17) is 9.84 Å². The van der Waals surface area contributed by atoms with Crippen LogP contribution in [0.3, 0.4) is 0 Å². The number of nitrogens with zero attached hydrogens (tertiary/aromatic N) is 2. The van der Waals surface area contributed by atoms with Crippen LogP contribution in [-0.2, 0) is 14.8 Å². The Hall–Kier alpha value is -4.02. The van der Waals surface area contributed by atoms with Gasteiger partial charge in [-0.05, 0) is 55.3 Å². The zero-order valence-electron chi connectivity index (χ0n) is 19.3. The summed E-state index contributed by atoms with van der Waals surface area (Å²) in [5.74, 6) is -1.25. The fourth-order valence-electron chi connectivity index (χ4n) is 3.79. The topological polar surface area (TPSA) is 125 Å². The highest BCUT2D eigenvalue weighted by Gasteiger charge is 2.27. The average molecular weight is 508 g/mol. The van der Waals surface area contributed by atoms with Gasteiger partial charge < -0.3 is 9.84 Å². The molecule has 1 saturated heterocycles. The van der Waals surface area contributed by atoms with Gasteiger partial charge in [0.2, 0.25) is 10.0 Å². The smallest absolute Gasteiger partial charge is 0.341 e. The summed E-state index contributed by atoms with van der Waals surface area (Å²) in [4.78, 5) is 23.7. The van der Waals surface area contributed by atoms with Gasteiger partial charge in [0.05, 0.1) is 10.6 Å². The maximum atomic E-state index is 12.9. The first-order chi connectivity index (χ1) is 17.3. The first-order valence-corrected chi connectivity index (χ1v) is 12.8. The maximum Gasteiger partial charge on any atom is 0.341 e. The number of amides is 1. The molecular formula is C26H25N3O6S. The summed E-state index contributed by atoms with van der Waals surface area (Å²) >= 11 is 0. The lowest BCUT2D eigenvalue weighted by molar-refractivity contribution is -0.139. The molecular weight excluding hydrogens is 482 g/mol. The van der Waals surface area contributed by atoms with E-state index in [1.54, 1.807) is 24.3 Å².